The van der Waals surface area contributed by atoms with E-state index in [1.807, 2.05) is 35.8 Å². The molecule has 0 radical (unpaired) electrons. The normalized spacial score (nSPS) is 11.2. The number of nitrogens with zero attached hydrogens (tertiary/aromatic N) is 4. The molecule has 0 bridgehead atoms. The highest BCUT2D eigenvalue weighted by Crippen LogP contribution is 2.23. The molecule has 1 aromatic carbocycles. The lowest BCUT2D eigenvalue weighted by Gasteiger charge is -2.10. The third-order valence-electron chi connectivity index (χ3n) is 3.97. The largest absolute Gasteiger partial charge is 0.459 e. The van der Waals surface area contributed by atoms with Crippen molar-refractivity contribution >= 4 is 22.8 Å². The number of anilines is 1. The van der Waals surface area contributed by atoms with Crippen molar-refractivity contribution < 1.29 is 14.3 Å². The monoisotopic (exact) mass is 351 g/mol. The third kappa shape index (κ3) is 2.76. The van der Waals surface area contributed by atoms with Crippen LogP contribution in [0, 0.1) is 6.92 Å². The summed E-state index contributed by atoms with van der Waals surface area (Å²) < 4.78 is 8.56. The maximum Gasteiger partial charge on any atom is 0.292 e. The Balaban J connectivity index is 1.80. The van der Waals surface area contributed by atoms with E-state index in [2.05, 4.69) is 15.4 Å². The van der Waals surface area contributed by atoms with Gasteiger partial charge in [0.25, 0.3) is 5.91 Å². The van der Waals surface area contributed by atoms with Gasteiger partial charge in [-0.1, -0.05) is 12.1 Å². The van der Waals surface area contributed by atoms with Gasteiger partial charge in [-0.25, -0.2) is 4.98 Å². The summed E-state index contributed by atoms with van der Waals surface area (Å²) in [5, 5.41) is 16.7. The van der Waals surface area contributed by atoms with Crippen molar-refractivity contribution in [2.45, 2.75) is 13.5 Å². The maximum atomic E-state index is 12.3. The van der Waals surface area contributed by atoms with E-state index in [1.165, 1.54) is 6.26 Å². The van der Waals surface area contributed by atoms with Crippen LogP contribution >= 0.6 is 0 Å². The standard InChI is InChI=1S/C18H17N5O3/c1-12-11-16(20-17(25)15-7-4-10-26-15)23(21-12)18-19-13-5-2-3-6-14(13)22(18)8-9-24/h2-7,10-11,24H,8-9H2,1H3,(H,20,25). The highest BCUT2D eigenvalue weighted by molar-refractivity contribution is 6.01. The number of hydrogen-bond acceptors (Lipinski definition) is 5. The Morgan fingerprint density at radius 1 is 1.27 bits per heavy atom. The zero-order valence-corrected chi connectivity index (χ0v) is 14.1. The van der Waals surface area contributed by atoms with E-state index in [0.29, 0.717) is 18.3 Å². The van der Waals surface area contributed by atoms with Crippen molar-refractivity contribution in [2.24, 2.45) is 0 Å². The SMILES string of the molecule is Cc1cc(NC(=O)c2ccco2)n(-c2nc3ccccc3n2CCO)n1. The fraction of sp³-hybridized carbons (Fsp3) is 0.167. The minimum atomic E-state index is -0.374. The summed E-state index contributed by atoms with van der Waals surface area (Å²) in [5.41, 5.74) is 2.39. The van der Waals surface area contributed by atoms with Gasteiger partial charge in [0.05, 0.1) is 29.6 Å². The fourth-order valence-corrected chi connectivity index (χ4v) is 2.87. The topological polar surface area (TPSA) is 98.1 Å². The Bertz CT molecular complexity index is 1060. The molecule has 3 heterocycles. The summed E-state index contributed by atoms with van der Waals surface area (Å²) in [6.07, 6.45) is 1.44. The van der Waals surface area contributed by atoms with E-state index in [-0.39, 0.29) is 18.3 Å². The molecule has 0 fully saturated rings. The first-order valence-corrected chi connectivity index (χ1v) is 8.15. The van der Waals surface area contributed by atoms with Crippen molar-refractivity contribution in [2.75, 3.05) is 11.9 Å². The third-order valence-corrected chi connectivity index (χ3v) is 3.97. The molecule has 26 heavy (non-hydrogen) atoms. The first-order valence-electron chi connectivity index (χ1n) is 8.15. The van der Waals surface area contributed by atoms with Gasteiger partial charge in [-0.3, -0.25) is 4.79 Å². The Kier molecular flexibility index (Phi) is 4.02. The smallest absolute Gasteiger partial charge is 0.292 e. The van der Waals surface area contributed by atoms with Crippen molar-refractivity contribution in [1.29, 1.82) is 0 Å². The Morgan fingerprint density at radius 2 is 2.12 bits per heavy atom. The lowest BCUT2D eigenvalue weighted by atomic mass is 10.3. The Hall–Kier alpha value is -3.39. The van der Waals surface area contributed by atoms with Crippen LogP contribution in [0.3, 0.4) is 0 Å². The maximum absolute atomic E-state index is 12.3. The van der Waals surface area contributed by atoms with E-state index in [4.69, 9.17) is 4.42 Å². The lowest BCUT2D eigenvalue weighted by molar-refractivity contribution is 0.0996. The quantitative estimate of drug-likeness (QED) is 0.575. The molecular weight excluding hydrogens is 334 g/mol. The zero-order chi connectivity index (χ0) is 18.1. The summed E-state index contributed by atoms with van der Waals surface area (Å²) in [6.45, 7) is 2.15. The summed E-state index contributed by atoms with van der Waals surface area (Å²) in [6, 6.07) is 12.6. The molecule has 0 aliphatic rings. The van der Waals surface area contributed by atoms with Crippen molar-refractivity contribution in [3.63, 3.8) is 0 Å². The molecule has 132 valence electrons. The van der Waals surface area contributed by atoms with Crippen molar-refractivity contribution in [1.82, 2.24) is 19.3 Å². The predicted molar refractivity (Wildman–Crippen MR) is 95.3 cm³/mol. The van der Waals surface area contributed by atoms with Crippen LogP contribution in [0.5, 0.6) is 0 Å². The van der Waals surface area contributed by atoms with Crippen molar-refractivity contribution in [3.05, 3.63) is 60.2 Å². The molecule has 0 unspecified atom stereocenters. The molecule has 3 aromatic heterocycles. The Morgan fingerprint density at radius 3 is 2.88 bits per heavy atom. The molecule has 4 aromatic rings. The van der Waals surface area contributed by atoms with Gasteiger partial charge in [-0.2, -0.15) is 9.78 Å². The number of aliphatic hydroxyl groups excluding tert-OH is 1. The second-order valence-electron chi connectivity index (χ2n) is 5.79. The highest BCUT2D eigenvalue weighted by Gasteiger charge is 2.19. The molecule has 1 amide bonds. The van der Waals surface area contributed by atoms with E-state index < -0.39 is 0 Å². The van der Waals surface area contributed by atoms with Gasteiger partial charge >= 0.3 is 0 Å². The number of aromatic nitrogens is 4. The van der Waals surface area contributed by atoms with Crippen LogP contribution in [-0.4, -0.2) is 37.0 Å². The molecule has 8 heteroatoms. The molecule has 0 saturated carbocycles. The van der Waals surface area contributed by atoms with Gasteiger partial charge in [-0.15, -0.1) is 0 Å². The molecule has 0 aliphatic heterocycles. The number of nitrogens with one attached hydrogen (secondary N) is 1. The number of aryl methyl sites for hydroxylation is 1. The number of imidazole rings is 1. The fourth-order valence-electron chi connectivity index (χ4n) is 2.87. The van der Waals surface area contributed by atoms with E-state index in [9.17, 15) is 9.90 Å². The van der Waals surface area contributed by atoms with E-state index in [1.54, 1.807) is 22.9 Å². The Labute approximate surface area is 148 Å². The first-order chi connectivity index (χ1) is 12.7. The molecule has 0 spiro atoms. The van der Waals surface area contributed by atoms with Gasteiger partial charge < -0.3 is 19.4 Å². The second-order valence-corrected chi connectivity index (χ2v) is 5.79. The number of furan rings is 1. The summed E-state index contributed by atoms with van der Waals surface area (Å²) >= 11 is 0. The van der Waals surface area contributed by atoms with Crippen molar-refractivity contribution in [3.8, 4) is 5.95 Å². The number of fused-ring (bicyclic) bond motifs is 1. The van der Waals surface area contributed by atoms with Crippen LogP contribution in [0.4, 0.5) is 5.82 Å². The highest BCUT2D eigenvalue weighted by atomic mass is 16.3. The number of carbonyl (C=O) groups excluding carboxylic acids is 1. The van der Waals surface area contributed by atoms with Crippen LogP contribution in [0.1, 0.15) is 16.2 Å². The zero-order valence-electron chi connectivity index (χ0n) is 14.1. The minimum absolute atomic E-state index is 0.0400. The molecule has 4 rings (SSSR count). The average Bonchev–Trinajstić information content (AvgIpc) is 3.35. The van der Waals surface area contributed by atoms with Gasteiger partial charge in [-0.05, 0) is 31.2 Å². The van der Waals surface area contributed by atoms with E-state index in [0.717, 1.165) is 16.7 Å². The van der Waals surface area contributed by atoms with Crippen LogP contribution in [0.25, 0.3) is 17.0 Å². The average molecular weight is 351 g/mol. The number of hydrogen-bond donors (Lipinski definition) is 2. The number of benzene rings is 1. The van der Waals surface area contributed by atoms with Crippen LogP contribution in [-0.2, 0) is 6.54 Å². The number of amides is 1. The van der Waals surface area contributed by atoms with Crippen LogP contribution in [0.15, 0.2) is 53.1 Å². The van der Waals surface area contributed by atoms with Crippen LogP contribution < -0.4 is 5.32 Å². The number of carbonyl (C=O) groups is 1. The number of para-hydroxylation sites is 2. The molecular formula is C18H17N5O3. The lowest BCUT2D eigenvalue weighted by Crippen LogP contribution is -2.17. The van der Waals surface area contributed by atoms with E-state index >= 15 is 0 Å². The molecule has 8 nitrogen and oxygen atoms in total. The van der Waals surface area contributed by atoms with Gasteiger partial charge in [0.15, 0.2) is 5.76 Å². The van der Waals surface area contributed by atoms with Gasteiger partial charge in [0.2, 0.25) is 5.95 Å². The van der Waals surface area contributed by atoms with Gasteiger partial charge in [0, 0.05) is 12.6 Å². The molecule has 2 N–H and O–H groups in total. The summed E-state index contributed by atoms with van der Waals surface area (Å²) in [4.78, 5) is 17.0. The molecule has 0 saturated heterocycles. The number of rotatable bonds is 5. The first kappa shape index (κ1) is 16.1. The predicted octanol–water partition coefficient (Wildman–Crippen LogP) is 2.37. The second kappa shape index (κ2) is 6.49. The van der Waals surface area contributed by atoms with Gasteiger partial charge in [0.1, 0.15) is 5.82 Å². The minimum Gasteiger partial charge on any atom is -0.459 e. The summed E-state index contributed by atoms with van der Waals surface area (Å²) in [7, 11) is 0. The molecule has 0 aliphatic carbocycles. The summed E-state index contributed by atoms with van der Waals surface area (Å²) in [5.74, 6) is 0.821. The van der Waals surface area contributed by atoms with Crippen LogP contribution in [0.2, 0.25) is 0 Å². The number of aliphatic hydroxyl groups is 1. The molecule has 0 atom stereocenters.